The minimum atomic E-state index is -4.90. The van der Waals surface area contributed by atoms with Crippen LogP contribution in [0.15, 0.2) is 66.7 Å². The van der Waals surface area contributed by atoms with Crippen molar-refractivity contribution in [3.63, 3.8) is 0 Å². The van der Waals surface area contributed by atoms with Gasteiger partial charge in [0.15, 0.2) is 0 Å². The Morgan fingerprint density at radius 1 is 1.00 bits per heavy atom. The molecular formula is C25H22F3N3O2. The van der Waals surface area contributed by atoms with Crippen LogP contribution in [0.25, 0.3) is 22.2 Å². The van der Waals surface area contributed by atoms with Gasteiger partial charge in [-0.1, -0.05) is 36.4 Å². The molecular weight excluding hydrogens is 431 g/mol. The Morgan fingerprint density at radius 2 is 1.73 bits per heavy atom. The number of rotatable bonds is 6. The van der Waals surface area contributed by atoms with Gasteiger partial charge in [0.2, 0.25) is 0 Å². The summed E-state index contributed by atoms with van der Waals surface area (Å²) in [5.74, 6) is -1.27. The molecule has 1 N–H and O–H groups in total. The van der Waals surface area contributed by atoms with Crippen molar-refractivity contribution in [2.45, 2.75) is 20.2 Å². The van der Waals surface area contributed by atoms with Crippen LogP contribution in [-0.4, -0.2) is 30.3 Å². The second-order valence-electron chi connectivity index (χ2n) is 7.38. The standard InChI is InChI=1S/C25H22F3N3O2/c1-3-31(4-2)21-13-8-12-18-17-11-7-9-16(15-20(17)30-23(18)21)29-24(32)19-10-5-6-14-22(19)33-25(26,27)28/h5-15H,3-4H2,1-2H3,(H,29,32). The van der Waals surface area contributed by atoms with E-state index >= 15 is 0 Å². The van der Waals surface area contributed by atoms with Gasteiger partial charge in [0.25, 0.3) is 5.91 Å². The molecule has 33 heavy (non-hydrogen) atoms. The maximum Gasteiger partial charge on any atom is 0.573 e. The summed E-state index contributed by atoms with van der Waals surface area (Å²) in [6, 6.07) is 18.3. The lowest BCUT2D eigenvalue weighted by molar-refractivity contribution is -0.274. The molecule has 1 amide bonds. The average molecular weight is 453 g/mol. The van der Waals surface area contributed by atoms with Crippen molar-refractivity contribution in [1.29, 1.82) is 0 Å². The van der Waals surface area contributed by atoms with Crippen LogP contribution in [-0.2, 0) is 0 Å². The first kappa shape index (κ1) is 22.4. The third-order valence-corrected chi connectivity index (χ3v) is 5.36. The second-order valence-corrected chi connectivity index (χ2v) is 7.38. The molecule has 0 unspecified atom stereocenters. The lowest BCUT2D eigenvalue weighted by atomic mass is 10.1. The Morgan fingerprint density at radius 3 is 2.45 bits per heavy atom. The number of nitrogens with one attached hydrogen (secondary N) is 1. The molecule has 8 heteroatoms. The molecule has 0 saturated heterocycles. The summed E-state index contributed by atoms with van der Waals surface area (Å²) < 4.78 is 42.1. The van der Waals surface area contributed by atoms with Crippen LogP contribution in [0.2, 0.25) is 0 Å². The van der Waals surface area contributed by atoms with E-state index in [1.165, 1.54) is 18.2 Å². The third-order valence-electron chi connectivity index (χ3n) is 5.36. The molecule has 1 aliphatic carbocycles. The van der Waals surface area contributed by atoms with Crippen LogP contribution in [0.3, 0.4) is 0 Å². The third kappa shape index (κ3) is 4.69. The van der Waals surface area contributed by atoms with Crippen molar-refractivity contribution in [3.05, 3.63) is 72.3 Å². The van der Waals surface area contributed by atoms with Crippen molar-refractivity contribution >= 4 is 28.2 Å². The minimum absolute atomic E-state index is 0.220. The molecule has 2 aromatic rings. The number of nitrogens with zero attached hydrogens (tertiary/aromatic N) is 2. The summed E-state index contributed by atoms with van der Waals surface area (Å²) in [5, 5.41) is 3.66. The lowest BCUT2D eigenvalue weighted by Crippen LogP contribution is -2.21. The number of carbonyl (C=O) groups is 1. The van der Waals surface area contributed by atoms with E-state index in [0.29, 0.717) is 11.4 Å². The van der Waals surface area contributed by atoms with E-state index in [1.54, 1.807) is 18.2 Å². The minimum Gasteiger partial charge on any atom is -0.405 e. The average Bonchev–Trinajstić information content (AvgIpc) is 2.99. The molecule has 0 bridgehead atoms. The molecule has 2 aromatic carbocycles. The quantitative estimate of drug-likeness (QED) is 0.370. The number of benzene rings is 2. The van der Waals surface area contributed by atoms with E-state index in [9.17, 15) is 18.0 Å². The fourth-order valence-corrected chi connectivity index (χ4v) is 3.88. The molecule has 2 aliphatic rings. The molecule has 0 fully saturated rings. The Labute approximate surface area is 189 Å². The number of aromatic nitrogens is 1. The van der Waals surface area contributed by atoms with E-state index in [1.807, 2.05) is 24.3 Å². The van der Waals surface area contributed by atoms with Crippen LogP contribution in [0.5, 0.6) is 5.75 Å². The highest BCUT2D eigenvalue weighted by atomic mass is 19.4. The Kier molecular flexibility index (Phi) is 6.09. The fourth-order valence-electron chi connectivity index (χ4n) is 3.88. The van der Waals surface area contributed by atoms with Gasteiger partial charge in [0.05, 0.1) is 22.5 Å². The van der Waals surface area contributed by atoms with Gasteiger partial charge in [-0.3, -0.25) is 4.79 Å². The molecule has 0 spiro atoms. The van der Waals surface area contributed by atoms with Crippen LogP contribution >= 0.6 is 0 Å². The van der Waals surface area contributed by atoms with Crippen LogP contribution in [0.4, 0.5) is 24.5 Å². The number of ether oxygens (including phenoxy) is 1. The number of para-hydroxylation sites is 2. The molecule has 0 radical (unpaired) electrons. The van der Waals surface area contributed by atoms with Crippen LogP contribution < -0.4 is 15.0 Å². The van der Waals surface area contributed by atoms with Gasteiger partial charge in [0, 0.05) is 29.7 Å². The van der Waals surface area contributed by atoms with Crippen molar-refractivity contribution in [1.82, 2.24) is 4.98 Å². The van der Waals surface area contributed by atoms with E-state index in [2.05, 4.69) is 28.8 Å². The van der Waals surface area contributed by atoms with Crippen molar-refractivity contribution in [3.8, 4) is 17.0 Å². The molecule has 5 nitrogen and oxygen atoms in total. The highest BCUT2D eigenvalue weighted by molar-refractivity contribution is 6.07. The first-order chi connectivity index (χ1) is 15.8. The van der Waals surface area contributed by atoms with E-state index in [4.69, 9.17) is 4.98 Å². The van der Waals surface area contributed by atoms with Gasteiger partial charge >= 0.3 is 6.36 Å². The number of amides is 1. The van der Waals surface area contributed by atoms with Gasteiger partial charge in [-0.25, -0.2) is 4.98 Å². The highest BCUT2D eigenvalue weighted by Crippen LogP contribution is 2.36. The summed E-state index contributed by atoms with van der Waals surface area (Å²) in [7, 11) is 0. The predicted octanol–water partition coefficient (Wildman–Crippen LogP) is 6.34. The number of hydrogen-bond acceptors (Lipinski definition) is 4. The Balaban J connectivity index is 1.70. The number of fused-ring (bicyclic) bond motifs is 3. The van der Waals surface area contributed by atoms with E-state index in [-0.39, 0.29) is 5.56 Å². The van der Waals surface area contributed by atoms with Gasteiger partial charge in [-0.15, -0.1) is 13.2 Å². The summed E-state index contributed by atoms with van der Waals surface area (Å²) >= 11 is 0. The van der Waals surface area contributed by atoms with Gasteiger partial charge < -0.3 is 15.0 Å². The molecule has 1 heterocycles. The van der Waals surface area contributed by atoms with Crippen molar-refractivity contribution < 1.29 is 22.7 Å². The normalized spacial score (nSPS) is 11.5. The zero-order chi connectivity index (χ0) is 23.6. The monoisotopic (exact) mass is 453 g/mol. The van der Waals surface area contributed by atoms with E-state index < -0.39 is 18.0 Å². The summed E-state index contributed by atoms with van der Waals surface area (Å²) in [6.45, 7) is 5.85. The van der Waals surface area contributed by atoms with Crippen molar-refractivity contribution in [2.24, 2.45) is 0 Å². The first-order valence-corrected chi connectivity index (χ1v) is 10.5. The largest absolute Gasteiger partial charge is 0.573 e. The molecule has 0 aromatic heterocycles. The molecule has 170 valence electrons. The van der Waals surface area contributed by atoms with Crippen molar-refractivity contribution in [2.75, 3.05) is 23.3 Å². The van der Waals surface area contributed by atoms with Gasteiger partial charge in [-0.05, 0) is 44.2 Å². The van der Waals surface area contributed by atoms with Crippen LogP contribution in [0, 0.1) is 0 Å². The smallest absolute Gasteiger partial charge is 0.405 e. The molecule has 1 aliphatic heterocycles. The Hall–Kier alpha value is -3.81. The number of halogens is 3. The molecule has 0 atom stereocenters. The highest BCUT2D eigenvalue weighted by Gasteiger charge is 2.32. The summed E-state index contributed by atoms with van der Waals surface area (Å²) in [4.78, 5) is 19.8. The second kappa shape index (κ2) is 8.97. The molecule has 0 saturated carbocycles. The first-order valence-electron chi connectivity index (χ1n) is 10.5. The fraction of sp³-hybridized carbons (Fsp3) is 0.200. The maximum absolute atomic E-state index is 12.8. The molecule has 4 rings (SSSR count). The number of alkyl halides is 3. The lowest BCUT2D eigenvalue weighted by Gasteiger charge is -2.21. The number of carbonyl (C=O) groups excluding carboxylic acids is 1. The zero-order valence-corrected chi connectivity index (χ0v) is 18.1. The summed E-state index contributed by atoms with van der Waals surface area (Å²) in [6.07, 6.45) is -4.90. The number of hydrogen-bond donors (Lipinski definition) is 1. The maximum atomic E-state index is 12.8. The zero-order valence-electron chi connectivity index (χ0n) is 18.1. The van der Waals surface area contributed by atoms with E-state index in [0.717, 1.165) is 41.3 Å². The summed E-state index contributed by atoms with van der Waals surface area (Å²) in [5.41, 5.74) is 3.67. The number of anilines is 2. The van der Waals surface area contributed by atoms with Crippen LogP contribution in [0.1, 0.15) is 24.2 Å². The van der Waals surface area contributed by atoms with Gasteiger partial charge in [0.1, 0.15) is 5.75 Å². The van der Waals surface area contributed by atoms with Gasteiger partial charge in [-0.2, -0.15) is 0 Å². The Bertz CT molecular complexity index is 1270. The predicted molar refractivity (Wildman–Crippen MR) is 123 cm³/mol. The SMILES string of the molecule is CCN(CC)c1cccc2c3cccc(NC(=O)c4ccccc4OC(F)(F)F)cc-3nc12. The topological polar surface area (TPSA) is 54.5 Å².